The molecule has 2 aromatic carbocycles. The Labute approximate surface area is 137 Å². The van der Waals surface area contributed by atoms with E-state index in [1.807, 2.05) is 18.2 Å². The lowest BCUT2D eigenvalue weighted by Crippen LogP contribution is -1.95. The van der Waals surface area contributed by atoms with E-state index < -0.39 is 0 Å². The van der Waals surface area contributed by atoms with Gasteiger partial charge in [-0.15, -0.1) is 0 Å². The lowest BCUT2D eigenvalue weighted by atomic mass is 9.96. The number of hydrogen-bond donors (Lipinski definition) is 3. The average molecular weight is 316 g/mol. The number of phenolic OH excluding ortho intramolecular Hbond substituents is 2. The van der Waals surface area contributed by atoms with Gasteiger partial charge in [-0.1, -0.05) is 19.4 Å². The van der Waals surface area contributed by atoms with Crippen LogP contribution in [0.3, 0.4) is 0 Å². The fourth-order valence-electron chi connectivity index (χ4n) is 2.70. The maximum atomic E-state index is 10.5. The van der Waals surface area contributed by atoms with Crippen LogP contribution in [0.25, 0.3) is 11.1 Å². The molecular weight excluding hydrogens is 292 g/mol. The molecule has 0 radical (unpaired) electrons. The third kappa shape index (κ3) is 3.96. The third-order valence-electron chi connectivity index (χ3n) is 3.87. The van der Waals surface area contributed by atoms with Gasteiger partial charge < -0.3 is 20.1 Å². The Morgan fingerprint density at radius 2 is 1.70 bits per heavy atom. The molecule has 4 heteroatoms. The summed E-state index contributed by atoms with van der Waals surface area (Å²) in [5.41, 5.74) is 3.20. The Morgan fingerprint density at radius 3 is 2.35 bits per heavy atom. The zero-order valence-electron chi connectivity index (χ0n) is 13.7. The molecule has 3 N–H and O–H groups in total. The smallest absolute Gasteiger partial charge is 0.165 e. The number of aromatic hydroxyl groups is 2. The van der Waals surface area contributed by atoms with Crippen LogP contribution in [0.1, 0.15) is 30.9 Å². The van der Waals surface area contributed by atoms with Crippen LogP contribution >= 0.6 is 0 Å². The highest BCUT2D eigenvalue weighted by Crippen LogP contribution is 2.42. The monoisotopic (exact) mass is 316 g/mol. The van der Waals surface area contributed by atoms with Gasteiger partial charge in [-0.2, -0.15) is 0 Å². The highest BCUT2D eigenvalue weighted by Gasteiger charge is 2.15. The van der Waals surface area contributed by atoms with E-state index in [9.17, 15) is 10.2 Å². The Bertz CT molecular complexity index is 665. The molecule has 0 aromatic heterocycles. The second-order valence-electron chi connectivity index (χ2n) is 5.62. The van der Waals surface area contributed by atoms with E-state index in [4.69, 9.17) is 9.84 Å². The summed E-state index contributed by atoms with van der Waals surface area (Å²) in [6.45, 7) is 2.21. The first kappa shape index (κ1) is 17.2. The summed E-state index contributed by atoms with van der Waals surface area (Å²) in [4.78, 5) is 0. The van der Waals surface area contributed by atoms with Crippen LogP contribution in [-0.4, -0.2) is 29.0 Å². The molecule has 4 nitrogen and oxygen atoms in total. The minimum absolute atomic E-state index is 0.0178. The van der Waals surface area contributed by atoms with E-state index in [-0.39, 0.29) is 18.1 Å². The molecule has 0 aliphatic carbocycles. The van der Waals surface area contributed by atoms with E-state index in [0.29, 0.717) is 29.7 Å². The predicted molar refractivity (Wildman–Crippen MR) is 91.2 cm³/mol. The molecule has 2 rings (SSSR count). The van der Waals surface area contributed by atoms with Gasteiger partial charge in [-0.05, 0) is 54.7 Å². The van der Waals surface area contributed by atoms with Crippen molar-refractivity contribution in [3.05, 3.63) is 41.5 Å². The molecule has 0 aliphatic heterocycles. The molecule has 0 spiro atoms. The lowest BCUT2D eigenvalue weighted by Gasteiger charge is -2.14. The number of hydrogen-bond acceptors (Lipinski definition) is 4. The van der Waals surface area contributed by atoms with Gasteiger partial charge in [0.05, 0.1) is 7.11 Å². The first-order chi connectivity index (χ1) is 11.1. The standard InChI is InChI=1S/C19H24O4/c1-3-5-13-7-8-17(21)15(10-13)16-11-14(6-4-9-20)12-18(23-2)19(16)22/h7-8,10-12,20-22H,3-6,9H2,1-2H3. The average Bonchev–Trinajstić information content (AvgIpc) is 2.56. The fourth-order valence-corrected chi connectivity index (χ4v) is 2.70. The molecule has 2 aromatic rings. The minimum atomic E-state index is 0.0178. The molecule has 23 heavy (non-hydrogen) atoms. The quantitative estimate of drug-likeness (QED) is 0.729. The molecule has 0 saturated heterocycles. The second kappa shape index (κ2) is 7.88. The molecule has 0 amide bonds. The molecule has 0 atom stereocenters. The third-order valence-corrected chi connectivity index (χ3v) is 3.87. The van der Waals surface area contributed by atoms with Crippen LogP contribution in [0.2, 0.25) is 0 Å². The first-order valence-corrected chi connectivity index (χ1v) is 7.93. The molecule has 124 valence electrons. The Kier molecular flexibility index (Phi) is 5.88. The van der Waals surface area contributed by atoms with E-state index in [2.05, 4.69) is 6.92 Å². The van der Waals surface area contributed by atoms with Crippen LogP contribution in [0.15, 0.2) is 30.3 Å². The van der Waals surface area contributed by atoms with Crippen molar-refractivity contribution in [2.45, 2.75) is 32.6 Å². The van der Waals surface area contributed by atoms with Crippen LogP contribution in [0.4, 0.5) is 0 Å². The van der Waals surface area contributed by atoms with E-state index >= 15 is 0 Å². The minimum Gasteiger partial charge on any atom is -0.507 e. The Morgan fingerprint density at radius 1 is 0.957 bits per heavy atom. The predicted octanol–water partition coefficient (Wildman–Crippen LogP) is 3.65. The van der Waals surface area contributed by atoms with Gasteiger partial charge in [0.2, 0.25) is 0 Å². The molecule has 0 aliphatic rings. The molecule has 0 fully saturated rings. The van der Waals surface area contributed by atoms with Gasteiger partial charge >= 0.3 is 0 Å². The van der Waals surface area contributed by atoms with E-state index in [0.717, 1.165) is 24.0 Å². The van der Waals surface area contributed by atoms with Gasteiger partial charge in [0.15, 0.2) is 11.5 Å². The summed E-state index contributed by atoms with van der Waals surface area (Å²) in [6.07, 6.45) is 3.23. The molecule has 0 heterocycles. The summed E-state index contributed by atoms with van der Waals surface area (Å²) in [5, 5.41) is 29.7. The van der Waals surface area contributed by atoms with Crippen molar-refractivity contribution in [2.75, 3.05) is 13.7 Å². The van der Waals surface area contributed by atoms with Crippen molar-refractivity contribution in [1.29, 1.82) is 0 Å². The van der Waals surface area contributed by atoms with Crippen LogP contribution in [-0.2, 0) is 12.8 Å². The van der Waals surface area contributed by atoms with Crippen molar-refractivity contribution < 1.29 is 20.1 Å². The molecule has 0 unspecified atom stereocenters. The highest BCUT2D eigenvalue weighted by molar-refractivity contribution is 5.79. The first-order valence-electron chi connectivity index (χ1n) is 7.93. The largest absolute Gasteiger partial charge is 0.507 e. The van der Waals surface area contributed by atoms with E-state index in [1.165, 1.54) is 7.11 Å². The number of methoxy groups -OCH3 is 1. The molecular formula is C19H24O4. The number of benzene rings is 2. The topological polar surface area (TPSA) is 69.9 Å². The van der Waals surface area contributed by atoms with Gasteiger partial charge in [0, 0.05) is 17.7 Å². The number of aliphatic hydroxyl groups excluding tert-OH is 1. The summed E-state index contributed by atoms with van der Waals surface area (Å²) < 4.78 is 5.25. The molecule has 0 saturated carbocycles. The second-order valence-corrected chi connectivity index (χ2v) is 5.62. The summed E-state index contributed by atoms with van der Waals surface area (Å²) in [5.74, 6) is 0.515. The van der Waals surface area contributed by atoms with Crippen molar-refractivity contribution in [3.8, 4) is 28.4 Å². The van der Waals surface area contributed by atoms with Gasteiger partial charge in [-0.3, -0.25) is 0 Å². The van der Waals surface area contributed by atoms with Crippen molar-refractivity contribution >= 4 is 0 Å². The Balaban J connectivity index is 2.54. The number of rotatable bonds is 7. The normalized spacial score (nSPS) is 10.7. The number of ether oxygens (including phenoxy) is 1. The maximum absolute atomic E-state index is 10.5. The number of aliphatic hydroxyl groups is 1. The van der Waals surface area contributed by atoms with Crippen LogP contribution < -0.4 is 4.74 Å². The fraction of sp³-hybridized carbons (Fsp3) is 0.368. The van der Waals surface area contributed by atoms with Gasteiger partial charge in [0.25, 0.3) is 0 Å². The zero-order chi connectivity index (χ0) is 16.8. The van der Waals surface area contributed by atoms with E-state index in [1.54, 1.807) is 12.1 Å². The van der Waals surface area contributed by atoms with Crippen molar-refractivity contribution in [3.63, 3.8) is 0 Å². The lowest BCUT2D eigenvalue weighted by molar-refractivity contribution is 0.288. The summed E-state index contributed by atoms with van der Waals surface area (Å²) >= 11 is 0. The van der Waals surface area contributed by atoms with Crippen molar-refractivity contribution in [2.24, 2.45) is 0 Å². The maximum Gasteiger partial charge on any atom is 0.165 e. The number of aryl methyl sites for hydroxylation is 2. The Hall–Kier alpha value is -2.20. The zero-order valence-corrected chi connectivity index (χ0v) is 13.7. The molecule has 0 bridgehead atoms. The highest BCUT2D eigenvalue weighted by atomic mass is 16.5. The van der Waals surface area contributed by atoms with Gasteiger partial charge in [-0.25, -0.2) is 0 Å². The van der Waals surface area contributed by atoms with Gasteiger partial charge in [0.1, 0.15) is 5.75 Å². The number of phenols is 2. The summed E-state index contributed by atoms with van der Waals surface area (Å²) in [6, 6.07) is 9.07. The van der Waals surface area contributed by atoms with Crippen LogP contribution in [0, 0.1) is 0 Å². The summed E-state index contributed by atoms with van der Waals surface area (Å²) in [7, 11) is 1.50. The van der Waals surface area contributed by atoms with Crippen LogP contribution in [0.5, 0.6) is 17.2 Å². The van der Waals surface area contributed by atoms with Crippen molar-refractivity contribution in [1.82, 2.24) is 0 Å². The SMILES string of the molecule is CCCc1ccc(O)c(-c2cc(CCCO)cc(OC)c2O)c1.